The highest BCUT2D eigenvalue weighted by Crippen LogP contribution is 2.39. The van der Waals surface area contributed by atoms with E-state index >= 15 is 0 Å². The van der Waals surface area contributed by atoms with Crippen molar-refractivity contribution in [2.75, 3.05) is 14.2 Å². The molecular weight excluding hydrogens is 368 g/mol. The minimum Gasteiger partial charge on any atom is -0.460 e. The van der Waals surface area contributed by atoms with Crippen molar-refractivity contribution in [3.63, 3.8) is 0 Å². The number of carbonyl (C=O) groups excluding carboxylic acids is 3. The van der Waals surface area contributed by atoms with Crippen molar-refractivity contribution in [1.82, 2.24) is 0 Å². The molecule has 0 amide bonds. The van der Waals surface area contributed by atoms with Crippen LogP contribution < -0.4 is 0 Å². The highest BCUT2D eigenvalue weighted by Gasteiger charge is 2.40. The molecule has 1 saturated carbocycles. The van der Waals surface area contributed by atoms with E-state index in [2.05, 4.69) is 21.6 Å². The first-order chi connectivity index (χ1) is 13.4. The first-order valence-corrected chi connectivity index (χ1v) is 9.47. The highest BCUT2D eigenvalue weighted by molar-refractivity contribution is 5.82. The van der Waals surface area contributed by atoms with E-state index in [1.165, 1.54) is 26.4 Å². The number of allylic oxidation sites excluding steroid dienone is 2. The minimum absolute atomic E-state index is 0.00293. The largest absolute Gasteiger partial charge is 0.508 e. The van der Waals surface area contributed by atoms with E-state index in [1.54, 1.807) is 0 Å². The second-order valence-corrected chi connectivity index (χ2v) is 7.00. The van der Waals surface area contributed by atoms with E-state index in [9.17, 15) is 14.4 Å². The van der Waals surface area contributed by atoms with Gasteiger partial charge in [-0.15, -0.1) is 0 Å². The predicted octanol–water partition coefficient (Wildman–Crippen LogP) is 3.54. The van der Waals surface area contributed by atoms with E-state index < -0.39 is 24.4 Å². The lowest BCUT2D eigenvalue weighted by molar-refractivity contribution is -0.142. The van der Waals surface area contributed by atoms with Crippen molar-refractivity contribution in [3.8, 4) is 0 Å². The average molecular weight is 396 g/mol. The van der Waals surface area contributed by atoms with Crippen molar-refractivity contribution in [1.29, 1.82) is 0 Å². The van der Waals surface area contributed by atoms with Gasteiger partial charge in [-0.3, -0.25) is 0 Å². The van der Waals surface area contributed by atoms with Gasteiger partial charge in [0.15, 0.2) is 0 Å². The predicted molar refractivity (Wildman–Crippen MR) is 98.5 cm³/mol. The van der Waals surface area contributed by atoms with Gasteiger partial charge in [0.05, 0.1) is 20.3 Å². The van der Waals surface area contributed by atoms with Crippen molar-refractivity contribution in [3.05, 3.63) is 24.3 Å². The van der Waals surface area contributed by atoms with Crippen molar-refractivity contribution < 1.29 is 38.1 Å². The zero-order chi connectivity index (χ0) is 20.5. The van der Waals surface area contributed by atoms with Gasteiger partial charge >= 0.3 is 18.3 Å². The molecule has 2 rings (SSSR count). The van der Waals surface area contributed by atoms with Crippen LogP contribution in [-0.2, 0) is 28.5 Å². The second kappa shape index (κ2) is 10.7. The van der Waals surface area contributed by atoms with Crippen LogP contribution in [0.15, 0.2) is 24.3 Å². The van der Waals surface area contributed by atoms with E-state index in [0.717, 1.165) is 19.3 Å². The van der Waals surface area contributed by atoms with Gasteiger partial charge in [0.2, 0.25) is 0 Å². The number of esters is 1. The number of fused-ring (bicyclic) bond motifs is 1. The Morgan fingerprint density at radius 2 is 1.79 bits per heavy atom. The van der Waals surface area contributed by atoms with Gasteiger partial charge in [-0.2, -0.15) is 0 Å². The molecule has 0 aromatic heterocycles. The second-order valence-electron chi connectivity index (χ2n) is 7.00. The van der Waals surface area contributed by atoms with E-state index in [0.29, 0.717) is 12.8 Å². The molecule has 1 fully saturated rings. The summed E-state index contributed by atoms with van der Waals surface area (Å²) in [4.78, 5) is 35.3. The summed E-state index contributed by atoms with van der Waals surface area (Å²) in [6.45, 7) is 1.85. The molecule has 0 saturated heterocycles. The Labute approximate surface area is 164 Å². The van der Waals surface area contributed by atoms with Crippen LogP contribution in [0.25, 0.3) is 0 Å². The molecule has 0 unspecified atom stereocenters. The van der Waals surface area contributed by atoms with Crippen LogP contribution in [0.1, 0.15) is 39.0 Å². The fourth-order valence-corrected chi connectivity index (χ4v) is 3.63. The van der Waals surface area contributed by atoms with Crippen molar-refractivity contribution in [2.45, 2.75) is 57.3 Å². The molecule has 0 N–H and O–H groups in total. The van der Waals surface area contributed by atoms with Gasteiger partial charge < -0.3 is 23.7 Å². The summed E-state index contributed by atoms with van der Waals surface area (Å²) in [5.74, 6) is -0.675. The molecule has 0 radical (unpaired) electrons. The molecule has 1 aliphatic carbocycles. The Morgan fingerprint density at radius 3 is 2.50 bits per heavy atom. The molecule has 0 bridgehead atoms. The topological polar surface area (TPSA) is 97.4 Å². The minimum atomic E-state index is -0.847. The lowest BCUT2D eigenvalue weighted by Gasteiger charge is -2.24. The lowest BCUT2D eigenvalue weighted by Crippen LogP contribution is -2.28. The fraction of sp³-hybridized carbons (Fsp3) is 0.650. The van der Waals surface area contributed by atoms with Crippen LogP contribution in [0.5, 0.6) is 0 Å². The number of cyclic esters (lactones) is 1. The van der Waals surface area contributed by atoms with Gasteiger partial charge in [-0.05, 0) is 51.0 Å². The molecular formula is C20H28O8. The molecule has 0 spiro atoms. The summed E-state index contributed by atoms with van der Waals surface area (Å²) in [7, 11) is 2.47. The van der Waals surface area contributed by atoms with Gasteiger partial charge in [0.1, 0.15) is 12.2 Å². The molecule has 1 heterocycles. The molecule has 156 valence electrons. The van der Waals surface area contributed by atoms with E-state index in [4.69, 9.17) is 14.2 Å². The maximum absolute atomic E-state index is 12.1. The summed E-state index contributed by atoms with van der Waals surface area (Å²) in [6, 6.07) is 0. The van der Waals surface area contributed by atoms with Crippen LogP contribution in [0.4, 0.5) is 9.59 Å². The van der Waals surface area contributed by atoms with Crippen LogP contribution in [0.2, 0.25) is 0 Å². The number of rotatable bonds is 2. The maximum atomic E-state index is 12.1. The van der Waals surface area contributed by atoms with Crippen molar-refractivity contribution >= 4 is 18.3 Å². The summed E-state index contributed by atoms with van der Waals surface area (Å²) < 4.78 is 25.2. The summed E-state index contributed by atoms with van der Waals surface area (Å²) in [5, 5.41) is 0. The first kappa shape index (κ1) is 21.8. The number of hydrogen-bond acceptors (Lipinski definition) is 8. The Bertz CT molecular complexity index is 611. The molecule has 8 nitrogen and oxygen atoms in total. The van der Waals surface area contributed by atoms with Crippen LogP contribution in [0.3, 0.4) is 0 Å². The number of carbonyl (C=O) groups is 3. The lowest BCUT2D eigenvalue weighted by atomic mass is 9.89. The highest BCUT2D eigenvalue weighted by atomic mass is 16.7. The Kier molecular flexibility index (Phi) is 8.35. The van der Waals surface area contributed by atoms with Gasteiger partial charge in [-0.25, -0.2) is 14.4 Å². The number of hydrogen-bond donors (Lipinski definition) is 0. The average Bonchev–Trinajstić information content (AvgIpc) is 3.06. The van der Waals surface area contributed by atoms with E-state index in [-0.39, 0.29) is 24.0 Å². The molecule has 5 atom stereocenters. The molecule has 2 aliphatic rings. The Hall–Kier alpha value is -2.51. The zero-order valence-corrected chi connectivity index (χ0v) is 16.5. The summed E-state index contributed by atoms with van der Waals surface area (Å²) >= 11 is 0. The number of ether oxygens (including phenoxy) is 5. The monoisotopic (exact) mass is 396 g/mol. The molecule has 0 aromatic rings. The third-order valence-electron chi connectivity index (χ3n) is 4.97. The third-order valence-corrected chi connectivity index (χ3v) is 4.97. The standard InChI is InChI=1S/C20H28O8/c1-13-7-5-4-6-8-14-11-15(27-19(22)24-2)12-16(14)17(28-20(23)25-3)9-10-18(21)26-13/h6,8-10,13-17H,4-5,7,11-12H2,1-3H3/b8-6+,10-9+/t13-,14+,15-,16+,17+/m0/s1. The first-order valence-electron chi connectivity index (χ1n) is 9.47. The normalized spacial score (nSPS) is 33.0. The summed E-state index contributed by atoms with van der Waals surface area (Å²) in [5.41, 5.74) is 0. The molecule has 0 aromatic carbocycles. The van der Waals surface area contributed by atoms with Crippen LogP contribution >= 0.6 is 0 Å². The SMILES string of the molecule is COC(=O)O[C@@H]1C[C@@H]2[C@H](/C=C/CCC[C@H](C)OC(=O)/C=C/[C@H]2OC(=O)OC)C1. The number of methoxy groups -OCH3 is 2. The van der Waals surface area contributed by atoms with Crippen LogP contribution in [0, 0.1) is 11.8 Å². The molecule has 28 heavy (non-hydrogen) atoms. The summed E-state index contributed by atoms with van der Waals surface area (Å²) in [6.07, 6.45) is 7.56. The van der Waals surface area contributed by atoms with Gasteiger partial charge in [0.25, 0.3) is 0 Å². The molecule has 1 aliphatic heterocycles. The maximum Gasteiger partial charge on any atom is 0.508 e. The Morgan fingerprint density at radius 1 is 1.07 bits per heavy atom. The zero-order valence-electron chi connectivity index (χ0n) is 16.5. The Balaban J connectivity index is 2.25. The van der Waals surface area contributed by atoms with Crippen molar-refractivity contribution in [2.24, 2.45) is 11.8 Å². The van der Waals surface area contributed by atoms with Crippen LogP contribution in [-0.4, -0.2) is 50.8 Å². The molecule has 8 heteroatoms. The van der Waals surface area contributed by atoms with E-state index in [1.807, 2.05) is 6.92 Å². The quantitative estimate of drug-likeness (QED) is 0.397. The van der Waals surface area contributed by atoms with Gasteiger partial charge in [-0.1, -0.05) is 12.2 Å². The van der Waals surface area contributed by atoms with Gasteiger partial charge in [0, 0.05) is 12.0 Å². The third kappa shape index (κ3) is 6.58. The fourth-order valence-electron chi connectivity index (χ4n) is 3.63. The smallest absolute Gasteiger partial charge is 0.460 e.